The minimum absolute atomic E-state index is 0.0449. The summed E-state index contributed by atoms with van der Waals surface area (Å²) in [5, 5.41) is 18.4. The fourth-order valence-electron chi connectivity index (χ4n) is 4.55. The Morgan fingerprint density at radius 3 is 2.28 bits per heavy atom. The standard InChI is InChI=1S/C30H34N2O7/c1-2-3-7-17-31-25-16-18-32-30(25,26(33)14-11-21-8-5-4-6-9-21)27(34)15-12-22-10-13-24(39-20-28(35)36)23(19-22)29(37)38/h4-6,8-10,13,18-19H,2-3,7,11-12,14-17,20H2,1H3,(H,35,36)(H,37,38). The molecule has 0 aliphatic carbocycles. The van der Waals surface area contributed by atoms with Crippen LogP contribution in [0.1, 0.15) is 66.9 Å². The number of ketones is 2. The SMILES string of the molecule is CCCCCN=C1CC=NC1(C(=O)CCc1ccccc1)C(=O)CCc1ccc(OCC(=O)O)c(C(=O)O)c1. The molecule has 1 aliphatic rings. The molecule has 1 atom stereocenters. The van der Waals surface area contributed by atoms with Gasteiger partial charge in [-0.1, -0.05) is 56.2 Å². The topological polar surface area (TPSA) is 143 Å². The van der Waals surface area contributed by atoms with E-state index in [9.17, 15) is 24.3 Å². The average molecular weight is 535 g/mol. The van der Waals surface area contributed by atoms with Gasteiger partial charge in [-0.25, -0.2) is 9.59 Å². The molecule has 0 spiro atoms. The summed E-state index contributed by atoms with van der Waals surface area (Å²) in [4.78, 5) is 59.0. The molecule has 0 bridgehead atoms. The van der Waals surface area contributed by atoms with E-state index in [1.54, 1.807) is 12.3 Å². The van der Waals surface area contributed by atoms with Crippen LogP contribution >= 0.6 is 0 Å². The van der Waals surface area contributed by atoms with E-state index in [4.69, 9.17) is 9.84 Å². The zero-order valence-electron chi connectivity index (χ0n) is 22.1. The molecule has 0 radical (unpaired) electrons. The first-order chi connectivity index (χ1) is 18.8. The van der Waals surface area contributed by atoms with E-state index in [1.807, 2.05) is 30.3 Å². The Bertz CT molecular complexity index is 1250. The number of nitrogens with zero attached hydrogens (tertiary/aromatic N) is 2. The number of aliphatic imine (C=N–C) groups is 2. The number of hydrogen-bond acceptors (Lipinski definition) is 7. The highest BCUT2D eigenvalue weighted by molar-refractivity contribution is 6.35. The Hall–Kier alpha value is -4.14. The van der Waals surface area contributed by atoms with Crippen molar-refractivity contribution in [2.45, 2.75) is 63.8 Å². The maximum atomic E-state index is 13.7. The highest BCUT2D eigenvalue weighted by Crippen LogP contribution is 2.29. The summed E-state index contributed by atoms with van der Waals surface area (Å²) in [6.07, 6.45) is 5.56. The molecule has 2 aromatic carbocycles. The van der Waals surface area contributed by atoms with Crippen molar-refractivity contribution in [2.24, 2.45) is 9.98 Å². The van der Waals surface area contributed by atoms with Gasteiger partial charge in [-0.3, -0.25) is 19.6 Å². The number of unbranched alkanes of at least 4 members (excludes halogenated alkanes) is 2. The van der Waals surface area contributed by atoms with Gasteiger partial charge in [0.1, 0.15) is 11.3 Å². The van der Waals surface area contributed by atoms with Crippen LogP contribution in [0.3, 0.4) is 0 Å². The van der Waals surface area contributed by atoms with Gasteiger partial charge in [-0.05, 0) is 42.5 Å². The predicted octanol–water partition coefficient (Wildman–Crippen LogP) is 4.40. The van der Waals surface area contributed by atoms with Gasteiger partial charge in [0, 0.05) is 32.0 Å². The molecule has 1 heterocycles. The summed E-state index contributed by atoms with van der Waals surface area (Å²) >= 11 is 0. The molecule has 1 unspecified atom stereocenters. The van der Waals surface area contributed by atoms with Crippen molar-refractivity contribution in [2.75, 3.05) is 13.2 Å². The Labute approximate surface area is 227 Å². The van der Waals surface area contributed by atoms with E-state index in [0.717, 1.165) is 24.8 Å². The lowest BCUT2D eigenvalue weighted by atomic mass is 9.80. The molecule has 1 aliphatic heterocycles. The van der Waals surface area contributed by atoms with Crippen LogP contribution in [0.15, 0.2) is 58.5 Å². The molecular formula is C30H34N2O7. The summed E-state index contributed by atoms with van der Waals surface area (Å²) in [5.41, 5.74) is 0.153. The first-order valence-corrected chi connectivity index (χ1v) is 13.2. The number of carboxylic acid groups (broad SMARTS) is 2. The van der Waals surface area contributed by atoms with Gasteiger partial charge < -0.3 is 14.9 Å². The smallest absolute Gasteiger partial charge is 0.341 e. The molecule has 3 rings (SSSR count). The van der Waals surface area contributed by atoms with E-state index < -0.39 is 24.1 Å². The van der Waals surface area contributed by atoms with E-state index >= 15 is 0 Å². The summed E-state index contributed by atoms with van der Waals surface area (Å²) < 4.78 is 5.07. The van der Waals surface area contributed by atoms with E-state index in [0.29, 0.717) is 30.7 Å². The van der Waals surface area contributed by atoms with Crippen LogP contribution in [0.2, 0.25) is 0 Å². The molecular weight excluding hydrogens is 500 g/mol. The molecule has 9 nitrogen and oxygen atoms in total. The fourth-order valence-corrected chi connectivity index (χ4v) is 4.55. The second-order valence-corrected chi connectivity index (χ2v) is 9.41. The summed E-state index contributed by atoms with van der Waals surface area (Å²) in [7, 11) is 0. The molecule has 39 heavy (non-hydrogen) atoms. The van der Waals surface area contributed by atoms with E-state index in [1.165, 1.54) is 12.1 Å². The highest BCUT2D eigenvalue weighted by atomic mass is 16.5. The third-order valence-electron chi connectivity index (χ3n) is 6.61. The number of benzene rings is 2. The number of aromatic carboxylic acids is 1. The lowest BCUT2D eigenvalue weighted by molar-refractivity contribution is -0.139. The van der Waals surface area contributed by atoms with Crippen LogP contribution in [0, 0.1) is 0 Å². The number of aliphatic carboxylic acids is 1. The van der Waals surface area contributed by atoms with Crippen molar-refractivity contribution in [1.29, 1.82) is 0 Å². The van der Waals surface area contributed by atoms with Gasteiger partial charge in [0.25, 0.3) is 0 Å². The van der Waals surface area contributed by atoms with Crippen LogP contribution in [0.4, 0.5) is 0 Å². The summed E-state index contributed by atoms with van der Waals surface area (Å²) in [6, 6.07) is 13.9. The van der Waals surface area contributed by atoms with Crippen LogP contribution < -0.4 is 4.74 Å². The maximum Gasteiger partial charge on any atom is 0.341 e. The normalized spacial score (nSPS) is 17.3. The minimum atomic E-state index is -1.65. The number of carbonyl (C=O) groups excluding carboxylic acids is 2. The molecule has 9 heteroatoms. The number of ether oxygens (including phenoxy) is 1. The van der Waals surface area contributed by atoms with Crippen molar-refractivity contribution in [3.63, 3.8) is 0 Å². The first kappa shape index (κ1) is 29.4. The van der Waals surface area contributed by atoms with Crippen LogP contribution in [-0.4, -0.2) is 64.3 Å². The Balaban J connectivity index is 1.81. The van der Waals surface area contributed by atoms with Crippen LogP contribution in [0.25, 0.3) is 0 Å². The van der Waals surface area contributed by atoms with Gasteiger partial charge in [0.15, 0.2) is 18.2 Å². The molecule has 0 aromatic heterocycles. The van der Waals surface area contributed by atoms with E-state index in [-0.39, 0.29) is 42.1 Å². The van der Waals surface area contributed by atoms with Crippen molar-refractivity contribution < 1.29 is 34.1 Å². The Morgan fingerprint density at radius 2 is 1.64 bits per heavy atom. The minimum Gasteiger partial charge on any atom is -0.481 e. The highest BCUT2D eigenvalue weighted by Gasteiger charge is 2.50. The second kappa shape index (κ2) is 14.1. The molecule has 0 fully saturated rings. The first-order valence-electron chi connectivity index (χ1n) is 13.2. The zero-order chi connectivity index (χ0) is 28.3. The second-order valence-electron chi connectivity index (χ2n) is 9.41. The zero-order valence-corrected chi connectivity index (χ0v) is 22.1. The predicted molar refractivity (Wildman–Crippen MR) is 147 cm³/mol. The van der Waals surface area contributed by atoms with Crippen molar-refractivity contribution in [3.8, 4) is 5.75 Å². The third kappa shape index (κ3) is 7.69. The van der Waals surface area contributed by atoms with Crippen molar-refractivity contribution >= 4 is 35.4 Å². The van der Waals surface area contributed by atoms with Gasteiger partial charge in [-0.15, -0.1) is 0 Å². The third-order valence-corrected chi connectivity index (χ3v) is 6.61. The molecule has 2 aromatic rings. The number of rotatable bonds is 16. The van der Waals surface area contributed by atoms with Crippen molar-refractivity contribution in [1.82, 2.24) is 0 Å². The molecule has 2 N–H and O–H groups in total. The largest absolute Gasteiger partial charge is 0.481 e. The molecule has 0 saturated heterocycles. The molecule has 206 valence electrons. The lowest BCUT2D eigenvalue weighted by Gasteiger charge is -2.25. The van der Waals surface area contributed by atoms with Gasteiger partial charge in [-0.2, -0.15) is 0 Å². The Morgan fingerprint density at radius 1 is 0.949 bits per heavy atom. The van der Waals surface area contributed by atoms with Crippen LogP contribution in [0.5, 0.6) is 5.75 Å². The molecule has 0 saturated carbocycles. The molecule has 0 amide bonds. The number of hydrogen-bond donors (Lipinski definition) is 2. The number of carbonyl (C=O) groups is 4. The van der Waals surface area contributed by atoms with Gasteiger partial charge in [0.05, 0.1) is 5.71 Å². The number of carboxylic acids is 2. The fraction of sp³-hybridized carbons (Fsp3) is 0.400. The number of aryl methyl sites for hydroxylation is 2. The number of Topliss-reactive ketones (excluding diaryl/α,β-unsaturated/α-hetero) is 2. The van der Waals surface area contributed by atoms with Crippen LogP contribution in [-0.2, 0) is 27.2 Å². The average Bonchev–Trinajstić information content (AvgIpc) is 3.37. The maximum absolute atomic E-state index is 13.7. The Kier molecular flexibility index (Phi) is 10.7. The summed E-state index contributed by atoms with van der Waals surface area (Å²) in [5.74, 6) is -3.24. The van der Waals surface area contributed by atoms with Crippen molar-refractivity contribution in [3.05, 3.63) is 65.2 Å². The van der Waals surface area contributed by atoms with E-state index in [2.05, 4.69) is 16.9 Å². The monoisotopic (exact) mass is 534 g/mol. The van der Waals surface area contributed by atoms with Gasteiger partial charge >= 0.3 is 11.9 Å². The lowest BCUT2D eigenvalue weighted by Crippen LogP contribution is -2.50. The quantitative estimate of drug-likeness (QED) is 0.240. The summed E-state index contributed by atoms with van der Waals surface area (Å²) in [6.45, 7) is 1.94. The van der Waals surface area contributed by atoms with Gasteiger partial charge in [0.2, 0.25) is 5.54 Å².